The third-order valence-corrected chi connectivity index (χ3v) is 11.4. The highest BCUT2D eigenvalue weighted by molar-refractivity contribution is 5.80. The number of allylic oxidation sites excluding steroid dienone is 4. The second kappa shape index (κ2) is 16.4. The molecule has 0 bridgehead atoms. The SMILES string of the molecule is CC(C)c1cccc(C(C)C)c1N1C(=C2C=C(c3ccccc3)OC(c3ccccc3)=C2)[C@]2(C[C@H](C)CC[C@H]2C(C)C)CC1(C)C.CCOCC. The van der Waals surface area contributed by atoms with E-state index in [2.05, 4.69) is 158 Å². The molecule has 0 unspecified atom stereocenters. The summed E-state index contributed by atoms with van der Waals surface area (Å²) in [6.45, 7) is 27.6. The average Bonchev–Trinajstić information content (AvgIpc) is 3.34. The van der Waals surface area contributed by atoms with Crippen molar-refractivity contribution in [2.24, 2.45) is 23.2 Å². The van der Waals surface area contributed by atoms with E-state index in [4.69, 9.17) is 9.47 Å². The fraction of sp³-hybridized carbons (Fsp3) is 0.500. The lowest BCUT2D eigenvalue weighted by Gasteiger charge is -2.48. The molecular weight excluding hydrogens is 623 g/mol. The highest BCUT2D eigenvalue weighted by Gasteiger charge is 2.59. The standard InChI is InChI=1S/C44H55NO.C4H10O/c1-29(2)36-21-16-22-37(30(3)4)41(36)45-42(44(28-43(45,8)9)27-32(7)23-24-38(44)31(5)6)35-25-39(33-17-12-10-13-18-33)46-40(26-35)34-19-14-11-15-20-34;1-3-5-4-2/h10-22,25-26,29-32,38H,23-24,27-28H2,1-9H3;3-4H2,1-2H3/t32-,38+,44-;/m1./s1. The highest BCUT2D eigenvalue weighted by atomic mass is 16.5. The minimum absolute atomic E-state index is 0.0525. The monoisotopic (exact) mass is 688 g/mol. The van der Waals surface area contributed by atoms with Crippen molar-refractivity contribution in [3.63, 3.8) is 0 Å². The van der Waals surface area contributed by atoms with E-state index >= 15 is 0 Å². The first-order chi connectivity index (χ1) is 24.3. The van der Waals surface area contributed by atoms with Crippen molar-refractivity contribution in [2.75, 3.05) is 18.1 Å². The van der Waals surface area contributed by atoms with Crippen molar-refractivity contribution in [2.45, 2.75) is 119 Å². The Hall–Kier alpha value is -3.56. The largest absolute Gasteiger partial charge is 0.456 e. The molecule has 2 heterocycles. The molecule has 1 saturated carbocycles. The Morgan fingerprint density at radius 1 is 0.725 bits per heavy atom. The van der Waals surface area contributed by atoms with Gasteiger partial charge in [0, 0.05) is 52.3 Å². The minimum Gasteiger partial charge on any atom is -0.456 e. The third-order valence-electron chi connectivity index (χ3n) is 11.4. The summed E-state index contributed by atoms with van der Waals surface area (Å²) in [6, 6.07) is 28.4. The molecule has 0 radical (unpaired) electrons. The van der Waals surface area contributed by atoms with E-state index in [-0.39, 0.29) is 11.0 Å². The van der Waals surface area contributed by atoms with E-state index in [1.807, 2.05) is 13.8 Å². The Bertz CT molecular complexity index is 1610. The molecule has 3 aromatic rings. The van der Waals surface area contributed by atoms with Crippen LogP contribution in [0.15, 0.2) is 102 Å². The summed E-state index contributed by atoms with van der Waals surface area (Å²) < 4.78 is 11.6. The summed E-state index contributed by atoms with van der Waals surface area (Å²) in [6.07, 6.45) is 9.71. The number of nitrogens with zero attached hydrogens (tertiary/aromatic N) is 1. The number of anilines is 1. The van der Waals surface area contributed by atoms with Crippen LogP contribution in [0.5, 0.6) is 0 Å². The van der Waals surface area contributed by atoms with Gasteiger partial charge in [-0.1, -0.05) is 134 Å². The number of benzene rings is 3. The Morgan fingerprint density at radius 2 is 1.24 bits per heavy atom. The number of para-hydroxylation sites is 1. The van der Waals surface area contributed by atoms with Crippen molar-refractivity contribution < 1.29 is 9.47 Å². The predicted molar refractivity (Wildman–Crippen MR) is 219 cm³/mol. The van der Waals surface area contributed by atoms with Gasteiger partial charge in [0.1, 0.15) is 11.5 Å². The van der Waals surface area contributed by atoms with Gasteiger partial charge in [-0.3, -0.25) is 0 Å². The topological polar surface area (TPSA) is 21.7 Å². The highest BCUT2D eigenvalue weighted by Crippen LogP contribution is 2.65. The quantitative estimate of drug-likeness (QED) is 0.235. The van der Waals surface area contributed by atoms with Crippen molar-refractivity contribution in [3.8, 4) is 0 Å². The Morgan fingerprint density at radius 3 is 1.67 bits per heavy atom. The van der Waals surface area contributed by atoms with Gasteiger partial charge in [-0.25, -0.2) is 0 Å². The fourth-order valence-corrected chi connectivity index (χ4v) is 9.46. The predicted octanol–water partition coefficient (Wildman–Crippen LogP) is 13.4. The lowest BCUT2D eigenvalue weighted by Crippen LogP contribution is -2.41. The number of hydrogen-bond acceptors (Lipinski definition) is 3. The van der Waals surface area contributed by atoms with E-state index in [0.717, 1.165) is 42.3 Å². The van der Waals surface area contributed by atoms with Gasteiger partial charge in [-0.2, -0.15) is 0 Å². The lowest BCUT2D eigenvalue weighted by molar-refractivity contribution is 0.0634. The second-order valence-electron chi connectivity index (χ2n) is 16.7. The lowest BCUT2D eigenvalue weighted by atomic mass is 9.56. The Labute approximate surface area is 310 Å². The van der Waals surface area contributed by atoms with Gasteiger partial charge < -0.3 is 14.4 Å². The van der Waals surface area contributed by atoms with Gasteiger partial charge in [0.15, 0.2) is 0 Å². The molecule has 1 spiro atoms. The first-order valence-electron chi connectivity index (χ1n) is 19.8. The van der Waals surface area contributed by atoms with Gasteiger partial charge in [0.25, 0.3) is 0 Å². The average molecular weight is 688 g/mol. The van der Waals surface area contributed by atoms with E-state index in [1.165, 1.54) is 47.3 Å². The Balaban J connectivity index is 0.000000943. The van der Waals surface area contributed by atoms with Gasteiger partial charge >= 0.3 is 0 Å². The van der Waals surface area contributed by atoms with Crippen LogP contribution in [0.4, 0.5) is 5.69 Å². The normalized spacial score (nSPS) is 23.0. The first kappa shape index (κ1) is 38.7. The van der Waals surface area contributed by atoms with Gasteiger partial charge in [0.2, 0.25) is 0 Å². The van der Waals surface area contributed by atoms with E-state index < -0.39 is 0 Å². The van der Waals surface area contributed by atoms with Crippen LogP contribution in [0.25, 0.3) is 11.5 Å². The maximum atomic E-state index is 6.81. The zero-order valence-corrected chi connectivity index (χ0v) is 33.6. The van der Waals surface area contributed by atoms with Crippen LogP contribution in [-0.4, -0.2) is 18.8 Å². The molecule has 3 aromatic carbocycles. The molecule has 2 fully saturated rings. The van der Waals surface area contributed by atoms with Crippen LogP contribution in [-0.2, 0) is 9.47 Å². The van der Waals surface area contributed by atoms with E-state index in [0.29, 0.717) is 29.6 Å². The van der Waals surface area contributed by atoms with Gasteiger partial charge in [0.05, 0.1) is 0 Å². The molecule has 0 amide bonds. The molecule has 0 N–H and O–H groups in total. The van der Waals surface area contributed by atoms with Crippen LogP contribution in [0.3, 0.4) is 0 Å². The van der Waals surface area contributed by atoms with Crippen LogP contribution in [0, 0.1) is 23.2 Å². The molecule has 0 aromatic heterocycles. The molecule has 3 heteroatoms. The molecule has 6 rings (SSSR count). The molecule has 3 nitrogen and oxygen atoms in total. The van der Waals surface area contributed by atoms with Gasteiger partial charge in [-0.15, -0.1) is 0 Å². The maximum absolute atomic E-state index is 6.81. The number of hydrogen-bond donors (Lipinski definition) is 0. The molecule has 274 valence electrons. The smallest absolute Gasteiger partial charge is 0.135 e. The van der Waals surface area contributed by atoms with Crippen molar-refractivity contribution in [3.05, 3.63) is 125 Å². The van der Waals surface area contributed by atoms with Crippen LogP contribution in [0.1, 0.15) is 136 Å². The molecule has 3 atom stereocenters. The second-order valence-corrected chi connectivity index (χ2v) is 16.7. The summed E-state index contributed by atoms with van der Waals surface area (Å²) in [5.74, 6) is 4.57. The summed E-state index contributed by atoms with van der Waals surface area (Å²) in [4.78, 5) is 2.85. The molecule has 1 saturated heterocycles. The molecule has 1 aliphatic carbocycles. The fourth-order valence-electron chi connectivity index (χ4n) is 9.46. The molecule has 51 heavy (non-hydrogen) atoms. The summed E-state index contributed by atoms with van der Waals surface area (Å²) in [5, 5.41) is 0. The van der Waals surface area contributed by atoms with Crippen LogP contribution < -0.4 is 4.90 Å². The van der Waals surface area contributed by atoms with Gasteiger partial charge in [-0.05, 0) is 99.8 Å². The minimum atomic E-state index is -0.0685. The zero-order chi connectivity index (χ0) is 36.9. The molecule has 2 aliphatic heterocycles. The summed E-state index contributed by atoms with van der Waals surface area (Å²) >= 11 is 0. The third kappa shape index (κ3) is 8.10. The van der Waals surface area contributed by atoms with Crippen LogP contribution in [0.2, 0.25) is 0 Å². The number of ether oxygens (including phenoxy) is 2. The molecule has 3 aliphatic rings. The number of rotatable bonds is 8. The summed E-state index contributed by atoms with van der Waals surface area (Å²) in [7, 11) is 0. The van der Waals surface area contributed by atoms with E-state index in [1.54, 1.807) is 0 Å². The Kier molecular flexibility index (Phi) is 12.4. The van der Waals surface area contributed by atoms with Crippen LogP contribution >= 0.6 is 0 Å². The molecular formula is C48H65NO2. The van der Waals surface area contributed by atoms with Crippen molar-refractivity contribution >= 4 is 17.2 Å². The van der Waals surface area contributed by atoms with Crippen molar-refractivity contribution in [1.29, 1.82) is 0 Å². The summed E-state index contributed by atoms with van der Waals surface area (Å²) in [5.41, 5.74) is 9.37. The maximum Gasteiger partial charge on any atom is 0.135 e. The van der Waals surface area contributed by atoms with Crippen molar-refractivity contribution in [1.82, 2.24) is 0 Å². The van der Waals surface area contributed by atoms with E-state index in [9.17, 15) is 0 Å². The zero-order valence-electron chi connectivity index (χ0n) is 33.6. The first-order valence-corrected chi connectivity index (χ1v) is 19.8.